The van der Waals surface area contributed by atoms with Crippen LogP contribution in [0.25, 0.3) is 0 Å². The second-order valence-corrected chi connectivity index (χ2v) is 7.84. The summed E-state index contributed by atoms with van der Waals surface area (Å²) >= 11 is 0. The Kier molecular flexibility index (Phi) is 4.79. The zero-order valence-electron chi connectivity index (χ0n) is 16.8. The summed E-state index contributed by atoms with van der Waals surface area (Å²) in [5.74, 6) is -0.216. The number of rotatable bonds is 2. The molecular formula is C25H23N3O2. The number of nitrogens with zero attached hydrogens (tertiary/aromatic N) is 3. The van der Waals surface area contributed by atoms with Gasteiger partial charge in [-0.15, -0.1) is 0 Å². The van der Waals surface area contributed by atoms with Crippen molar-refractivity contribution in [1.29, 1.82) is 0 Å². The number of aryl methyl sites for hydroxylation is 2. The van der Waals surface area contributed by atoms with Gasteiger partial charge in [0.1, 0.15) is 0 Å². The van der Waals surface area contributed by atoms with Crippen molar-refractivity contribution in [3.8, 4) is 0 Å². The summed E-state index contributed by atoms with van der Waals surface area (Å²) in [6.07, 6.45) is 6.93. The molecule has 1 aromatic heterocycles. The topological polar surface area (TPSA) is 53.5 Å². The Hall–Kier alpha value is -3.47. The molecule has 2 aliphatic heterocycles. The van der Waals surface area contributed by atoms with Gasteiger partial charge in [0.2, 0.25) is 0 Å². The molecular weight excluding hydrogens is 374 g/mol. The van der Waals surface area contributed by atoms with Gasteiger partial charge in [0.15, 0.2) is 0 Å². The molecule has 0 radical (unpaired) electrons. The van der Waals surface area contributed by atoms with Gasteiger partial charge in [0.05, 0.1) is 11.1 Å². The van der Waals surface area contributed by atoms with E-state index < -0.39 is 0 Å². The van der Waals surface area contributed by atoms with Crippen molar-refractivity contribution in [3.63, 3.8) is 0 Å². The number of anilines is 2. The van der Waals surface area contributed by atoms with Crippen molar-refractivity contribution in [2.24, 2.45) is 0 Å². The zero-order valence-corrected chi connectivity index (χ0v) is 16.8. The highest BCUT2D eigenvalue weighted by Gasteiger charge is 2.26. The smallest absolute Gasteiger partial charge is 0.259 e. The summed E-state index contributed by atoms with van der Waals surface area (Å²) in [6, 6.07) is 17.7. The summed E-state index contributed by atoms with van der Waals surface area (Å²) in [4.78, 5) is 34.4. The number of hydrogen-bond donors (Lipinski definition) is 0. The molecule has 30 heavy (non-hydrogen) atoms. The van der Waals surface area contributed by atoms with E-state index in [4.69, 9.17) is 0 Å². The molecule has 0 unspecified atom stereocenters. The lowest BCUT2D eigenvalue weighted by Gasteiger charge is -2.30. The molecule has 2 aromatic carbocycles. The molecule has 5 heteroatoms. The maximum atomic E-state index is 13.3. The molecule has 0 bridgehead atoms. The zero-order chi connectivity index (χ0) is 20.5. The van der Waals surface area contributed by atoms with Crippen LogP contribution in [0.3, 0.4) is 0 Å². The molecule has 3 aromatic rings. The number of amides is 2. The van der Waals surface area contributed by atoms with E-state index in [1.165, 1.54) is 11.1 Å². The maximum Gasteiger partial charge on any atom is 0.259 e. The van der Waals surface area contributed by atoms with Crippen molar-refractivity contribution in [2.45, 2.75) is 25.7 Å². The fraction of sp³-hybridized carbons (Fsp3) is 0.240. The van der Waals surface area contributed by atoms with Crippen LogP contribution in [0.15, 0.2) is 67.0 Å². The average Bonchev–Trinajstić information content (AvgIpc) is 2.82. The van der Waals surface area contributed by atoms with E-state index in [1.54, 1.807) is 28.3 Å². The Morgan fingerprint density at radius 3 is 1.67 bits per heavy atom. The first-order valence-corrected chi connectivity index (χ1v) is 10.5. The van der Waals surface area contributed by atoms with Gasteiger partial charge in [-0.1, -0.05) is 36.4 Å². The SMILES string of the molecule is O=C(c1cncc(C(=O)N2CCCc3ccccc32)c1)N1CCCc2ccccc21. The maximum absolute atomic E-state index is 13.3. The van der Waals surface area contributed by atoms with Gasteiger partial charge in [-0.2, -0.15) is 0 Å². The summed E-state index contributed by atoms with van der Waals surface area (Å²) in [5.41, 5.74) is 5.17. The Labute approximate surface area is 176 Å². The van der Waals surface area contributed by atoms with Crippen LogP contribution in [0.1, 0.15) is 44.7 Å². The number of carbonyl (C=O) groups excluding carboxylic acids is 2. The molecule has 0 saturated carbocycles. The first-order chi connectivity index (χ1) is 14.7. The minimum absolute atomic E-state index is 0.108. The van der Waals surface area contributed by atoms with Gasteiger partial charge in [-0.3, -0.25) is 14.6 Å². The minimum atomic E-state index is -0.108. The number of pyridine rings is 1. The van der Waals surface area contributed by atoms with E-state index in [0.717, 1.165) is 37.1 Å². The monoisotopic (exact) mass is 397 g/mol. The Morgan fingerprint density at radius 2 is 1.17 bits per heavy atom. The van der Waals surface area contributed by atoms with Crippen LogP contribution in [-0.4, -0.2) is 29.9 Å². The molecule has 5 nitrogen and oxygen atoms in total. The Balaban J connectivity index is 1.44. The fourth-order valence-electron chi connectivity index (χ4n) is 4.47. The van der Waals surface area contributed by atoms with Gasteiger partial charge in [-0.05, 0) is 55.0 Å². The quantitative estimate of drug-likeness (QED) is 0.649. The predicted octanol–water partition coefficient (Wildman–Crippen LogP) is 4.27. The van der Waals surface area contributed by atoms with Crippen LogP contribution in [0.2, 0.25) is 0 Å². The van der Waals surface area contributed by atoms with E-state index in [1.807, 2.05) is 36.4 Å². The molecule has 0 N–H and O–H groups in total. The average molecular weight is 397 g/mol. The molecule has 0 fully saturated rings. The first-order valence-electron chi connectivity index (χ1n) is 10.5. The number of hydrogen-bond acceptors (Lipinski definition) is 3. The number of carbonyl (C=O) groups is 2. The highest BCUT2D eigenvalue weighted by molar-refractivity contribution is 6.10. The van der Waals surface area contributed by atoms with Crippen LogP contribution in [0.5, 0.6) is 0 Å². The van der Waals surface area contributed by atoms with Crippen molar-refractivity contribution < 1.29 is 9.59 Å². The largest absolute Gasteiger partial charge is 0.308 e. The van der Waals surface area contributed by atoms with Crippen molar-refractivity contribution in [1.82, 2.24) is 4.98 Å². The van der Waals surface area contributed by atoms with Crippen LogP contribution >= 0.6 is 0 Å². The molecule has 2 aliphatic rings. The first kappa shape index (κ1) is 18.6. The van der Waals surface area contributed by atoms with Crippen LogP contribution in [0.4, 0.5) is 11.4 Å². The summed E-state index contributed by atoms with van der Waals surface area (Å²) in [6.45, 7) is 1.35. The van der Waals surface area contributed by atoms with Crippen molar-refractivity contribution in [2.75, 3.05) is 22.9 Å². The number of fused-ring (bicyclic) bond motifs is 2. The van der Waals surface area contributed by atoms with Gasteiger partial charge in [0, 0.05) is 36.9 Å². The van der Waals surface area contributed by atoms with Crippen molar-refractivity contribution in [3.05, 3.63) is 89.2 Å². The van der Waals surface area contributed by atoms with Crippen LogP contribution in [-0.2, 0) is 12.8 Å². The van der Waals surface area contributed by atoms with E-state index in [0.29, 0.717) is 24.2 Å². The Bertz CT molecular complexity index is 1040. The standard InChI is InChI=1S/C25H23N3O2/c29-24(27-13-5-9-18-7-1-3-11-22(18)27)20-15-21(17-26-16-20)25(30)28-14-6-10-19-8-2-4-12-23(19)28/h1-4,7-8,11-12,15-17H,5-6,9-10,13-14H2. The molecule has 0 spiro atoms. The summed E-state index contributed by atoms with van der Waals surface area (Å²) in [5, 5.41) is 0. The second kappa shape index (κ2) is 7.75. The third-order valence-corrected chi connectivity index (χ3v) is 5.94. The van der Waals surface area contributed by atoms with E-state index in [-0.39, 0.29) is 11.8 Å². The lowest BCUT2D eigenvalue weighted by atomic mass is 10.00. The fourth-order valence-corrected chi connectivity index (χ4v) is 4.47. The molecule has 3 heterocycles. The highest BCUT2D eigenvalue weighted by Crippen LogP contribution is 2.30. The van der Waals surface area contributed by atoms with E-state index >= 15 is 0 Å². The predicted molar refractivity (Wildman–Crippen MR) is 117 cm³/mol. The molecule has 0 aliphatic carbocycles. The highest BCUT2D eigenvalue weighted by atomic mass is 16.2. The van der Waals surface area contributed by atoms with Gasteiger partial charge < -0.3 is 9.80 Å². The van der Waals surface area contributed by atoms with Crippen LogP contribution in [0, 0.1) is 0 Å². The van der Waals surface area contributed by atoms with Gasteiger partial charge in [-0.25, -0.2) is 0 Å². The van der Waals surface area contributed by atoms with Crippen LogP contribution < -0.4 is 9.80 Å². The summed E-state index contributed by atoms with van der Waals surface area (Å²) < 4.78 is 0. The van der Waals surface area contributed by atoms with Gasteiger partial charge >= 0.3 is 0 Å². The number of aromatic nitrogens is 1. The lowest BCUT2D eigenvalue weighted by molar-refractivity contribution is 0.0984. The minimum Gasteiger partial charge on any atom is -0.308 e. The molecule has 0 atom stereocenters. The summed E-state index contributed by atoms with van der Waals surface area (Å²) in [7, 11) is 0. The van der Waals surface area contributed by atoms with Gasteiger partial charge in [0.25, 0.3) is 11.8 Å². The number of benzene rings is 2. The van der Waals surface area contributed by atoms with E-state index in [9.17, 15) is 9.59 Å². The molecule has 5 rings (SSSR count). The third kappa shape index (κ3) is 3.26. The third-order valence-electron chi connectivity index (χ3n) is 5.94. The van der Waals surface area contributed by atoms with E-state index in [2.05, 4.69) is 17.1 Å². The molecule has 0 saturated heterocycles. The second-order valence-electron chi connectivity index (χ2n) is 7.84. The molecule has 2 amide bonds. The van der Waals surface area contributed by atoms with Crippen molar-refractivity contribution >= 4 is 23.2 Å². The molecule has 150 valence electrons. The Morgan fingerprint density at radius 1 is 0.700 bits per heavy atom. The normalized spacial score (nSPS) is 15.3. The number of para-hydroxylation sites is 2. The lowest BCUT2D eigenvalue weighted by Crippen LogP contribution is -2.37.